The van der Waals surface area contributed by atoms with E-state index in [9.17, 15) is 48.3 Å². The Kier molecular flexibility index (Phi) is 21.7. The molecule has 1 aromatic rings. The molecule has 0 spiro atoms. The molecule has 0 saturated heterocycles. The molecule has 298 valence electrons. The monoisotopic (exact) mass is 808 g/mol. The second-order valence-corrected chi connectivity index (χ2v) is 15.6. The first-order valence-electron chi connectivity index (χ1n) is 16.5. The molecule has 0 radical (unpaired) electrons. The minimum absolute atomic E-state index is 0.169. The van der Waals surface area contributed by atoms with Gasteiger partial charge in [0.05, 0.1) is 0 Å². The number of nitrogens with two attached hydrogens (primary N) is 1. The van der Waals surface area contributed by atoms with Gasteiger partial charge < -0.3 is 47.1 Å². The lowest BCUT2D eigenvalue weighted by Gasteiger charge is -2.28. The molecule has 0 aliphatic carbocycles. The normalized spacial score (nSPS) is 14.0. The van der Waals surface area contributed by atoms with Crippen molar-refractivity contribution in [1.29, 1.82) is 0 Å². The second-order valence-electron chi connectivity index (χ2n) is 11.8. The molecular formula is C31H49N6O13PS2. The molecule has 19 nitrogen and oxygen atoms in total. The van der Waals surface area contributed by atoms with E-state index in [2.05, 4.69) is 31.1 Å². The molecule has 5 atom stereocenters. The maximum absolute atomic E-state index is 13.6. The van der Waals surface area contributed by atoms with Crippen LogP contribution in [0.4, 0.5) is 0 Å². The summed E-state index contributed by atoms with van der Waals surface area (Å²) in [6, 6.07) is -0.245. The lowest BCUT2D eigenvalue weighted by molar-refractivity contribution is -0.140. The summed E-state index contributed by atoms with van der Waals surface area (Å²) >= 11 is 0. The highest BCUT2D eigenvalue weighted by atomic mass is 33.1. The van der Waals surface area contributed by atoms with Crippen LogP contribution in [-0.2, 0) is 44.5 Å². The Labute approximate surface area is 314 Å². The van der Waals surface area contributed by atoms with E-state index >= 15 is 0 Å². The van der Waals surface area contributed by atoms with Gasteiger partial charge in [0.1, 0.15) is 29.9 Å². The zero-order valence-corrected chi connectivity index (χ0v) is 32.1. The third-order valence-corrected chi connectivity index (χ3v) is 10.3. The smallest absolute Gasteiger partial charge is 0.481 e. The standard InChI is InChI=1S/C31H49N6O13PS2/c1-4-18(2)27(31(46)33-14-16-53-52-15-13-32)37-29(44)23(10-12-26(41)42)35-28(43)22(9-11-25(39)40)36-30(45)24(34-19(3)38)17-20-5-7-21(8-6-20)50-51(47,48)49/h5-8,18,22-24,27H,4,9-17,32H2,1-3H3,(H,33,46)(H,34,38)(H,35,43)(H,36,45)(H,37,44)(H,39,40)(H,41,42)(H2,47,48,49)/t18-,22-,23-,24-,27-/m0/s1. The molecule has 0 aromatic heterocycles. The first-order chi connectivity index (χ1) is 24.9. The first-order valence-corrected chi connectivity index (χ1v) is 20.6. The van der Waals surface area contributed by atoms with E-state index in [-0.39, 0.29) is 18.1 Å². The first kappa shape index (κ1) is 47.1. The highest BCUT2D eigenvalue weighted by molar-refractivity contribution is 8.76. The number of carbonyl (C=O) groups is 7. The Hall–Kier alpha value is -3.88. The number of aliphatic carboxylic acids is 2. The van der Waals surface area contributed by atoms with Crippen molar-refractivity contribution in [2.45, 2.75) is 83.5 Å². The van der Waals surface area contributed by atoms with Crippen molar-refractivity contribution in [1.82, 2.24) is 26.6 Å². The van der Waals surface area contributed by atoms with Crippen LogP contribution in [0.2, 0.25) is 0 Å². The summed E-state index contributed by atoms with van der Waals surface area (Å²) < 4.78 is 15.6. The van der Waals surface area contributed by atoms with Crippen LogP contribution in [0, 0.1) is 5.92 Å². The number of phosphoric ester groups is 1. The molecule has 0 bridgehead atoms. The van der Waals surface area contributed by atoms with E-state index < -0.39 is 99.1 Å². The van der Waals surface area contributed by atoms with Crippen LogP contribution in [0.15, 0.2) is 24.3 Å². The molecule has 0 aliphatic heterocycles. The molecule has 5 amide bonds. The lowest BCUT2D eigenvalue weighted by Crippen LogP contribution is -2.59. The Morgan fingerprint density at radius 3 is 1.77 bits per heavy atom. The molecule has 53 heavy (non-hydrogen) atoms. The third kappa shape index (κ3) is 20.2. The van der Waals surface area contributed by atoms with E-state index in [4.69, 9.17) is 15.5 Å². The van der Waals surface area contributed by atoms with Crippen molar-refractivity contribution in [3.63, 3.8) is 0 Å². The number of carboxylic acid groups (broad SMARTS) is 2. The van der Waals surface area contributed by atoms with Crippen LogP contribution in [-0.4, -0.2) is 110 Å². The summed E-state index contributed by atoms with van der Waals surface area (Å²) in [5, 5.41) is 31.2. The zero-order valence-electron chi connectivity index (χ0n) is 29.6. The van der Waals surface area contributed by atoms with Crippen molar-refractivity contribution in [3.05, 3.63) is 29.8 Å². The molecular weight excluding hydrogens is 759 g/mol. The van der Waals surface area contributed by atoms with Gasteiger partial charge in [-0.3, -0.25) is 43.3 Å². The van der Waals surface area contributed by atoms with Crippen molar-refractivity contribution >= 4 is 70.9 Å². The van der Waals surface area contributed by atoms with Gasteiger partial charge in [0.25, 0.3) is 0 Å². The summed E-state index contributed by atoms with van der Waals surface area (Å²) in [7, 11) is -1.77. The summed E-state index contributed by atoms with van der Waals surface area (Å²) in [6.07, 6.45) is -1.73. The van der Waals surface area contributed by atoms with E-state index in [0.29, 0.717) is 30.8 Å². The molecule has 0 fully saturated rings. The number of amides is 5. The predicted octanol–water partition coefficient (Wildman–Crippen LogP) is -0.108. The van der Waals surface area contributed by atoms with Crippen molar-refractivity contribution in [3.8, 4) is 5.75 Å². The maximum Gasteiger partial charge on any atom is 0.524 e. The fourth-order valence-electron chi connectivity index (χ4n) is 4.58. The van der Waals surface area contributed by atoms with Crippen molar-refractivity contribution < 1.29 is 62.7 Å². The van der Waals surface area contributed by atoms with Crippen LogP contribution in [0.3, 0.4) is 0 Å². The van der Waals surface area contributed by atoms with Gasteiger partial charge in [-0.2, -0.15) is 0 Å². The number of benzene rings is 1. The number of hydrogen-bond donors (Lipinski definition) is 10. The van der Waals surface area contributed by atoms with Gasteiger partial charge in [-0.25, -0.2) is 4.57 Å². The summed E-state index contributed by atoms with van der Waals surface area (Å²) in [5.41, 5.74) is 5.88. The highest BCUT2D eigenvalue weighted by Gasteiger charge is 2.33. The average molecular weight is 809 g/mol. The lowest BCUT2D eigenvalue weighted by atomic mass is 9.97. The second kappa shape index (κ2) is 24.4. The summed E-state index contributed by atoms with van der Waals surface area (Å²) in [4.78, 5) is 106. The van der Waals surface area contributed by atoms with Gasteiger partial charge in [0.2, 0.25) is 29.5 Å². The van der Waals surface area contributed by atoms with Gasteiger partial charge in [0, 0.05) is 50.8 Å². The molecule has 0 unspecified atom stereocenters. The van der Waals surface area contributed by atoms with E-state index in [1.54, 1.807) is 24.6 Å². The quantitative estimate of drug-likeness (QED) is 0.0332. The molecule has 1 rings (SSSR count). The van der Waals surface area contributed by atoms with Gasteiger partial charge in [-0.1, -0.05) is 54.0 Å². The molecule has 0 saturated carbocycles. The van der Waals surface area contributed by atoms with Gasteiger partial charge in [0.15, 0.2) is 0 Å². The van der Waals surface area contributed by atoms with Gasteiger partial charge in [-0.15, -0.1) is 0 Å². The van der Waals surface area contributed by atoms with Crippen LogP contribution in [0.25, 0.3) is 0 Å². The van der Waals surface area contributed by atoms with Crippen LogP contribution < -0.4 is 36.8 Å². The van der Waals surface area contributed by atoms with E-state index in [1.807, 2.05) is 0 Å². The van der Waals surface area contributed by atoms with Crippen molar-refractivity contribution in [2.24, 2.45) is 11.7 Å². The van der Waals surface area contributed by atoms with Gasteiger partial charge in [-0.05, 0) is 36.5 Å². The number of phosphoric acid groups is 1. The Morgan fingerprint density at radius 1 is 0.792 bits per heavy atom. The molecule has 1 aromatic carbocycles. The minimum Gasteiger partial charge on any atom is -0.481 e. The number of nitrogens with one attached hydrogen (secondary N) is 5. The summed E-state index contributed by atoms with van der Waals surface area (Å²) in [6.45, 7) is 5.47. The zero-order chi connectivity index (χ0) is 40.1. The van der Waals surface area contributed by atoms with Crippen LogP contribution >= 0.6 is 29.4 Å². The maximum atomic E-state index is 13.6. The number of rotatable bonds is 26. The fourth-order valence-corrected chi connectivity index (χ4v) is 6.74. The van der Waals surface area contributed by atoms with Crippen molar-refractivity contribution in [2.75, 3.05) is 24.6 Å². The van der Waals surface area contributed by atoms with Crippen LogP contribution in [0.5, 0.6) is 5.75 Å². The molecule has 22 heteroatoms. The number of carbonyl (C=O) groups excluding carboxylic acids is 5. The fraction of sp³-hybridized carbons (Fsp3) is 0.581. The Balaban J connectivity index is 3.22. The minimum atomic E-state index is -4.83. The van der Waals surface area contributed by atoms with E-state index in [1.165, 1.54) is 35.1 Å². The average Bonchev–Trinajstić information content (AvgIpc) is 3.07. The van der Waals surface area contributed by atoms with Gasteiger partial charge >= 0.3 is 19.8 Å². The third-order valence-electron chi connectivity index (χ3n) is 7.40. The Morgan fingerprint density at radius 2 is 1.30 bits per heavy atom. The van der Waals surface area contributed by atoms with Crippen LogP contribution in [0.1, 0.15) is 58.4 Å². The van der Waals surface area contributed by atoms with E-state index in [0.717, 1.165) is 12.7 Å². The SMILES string of the molecule is CC[C@H](C)[C@H](NC(=O)[C@H](CCC(=O)O)NC(=O)[C@H](CCC(=O)O)NC(=O)[C@H](Cc1ccc(OP(=O)(O)O)cc1)NC(C)=O)C(=O)NCCSSCCN. The highest BCUT2D eigenvalue weighted by Crippen LogP contribution is 2.37. The number of carboxylic acids is 2. The molecule has 0 aliphatic rings. The topological polar surface area (TPSA) is 313 Å². The molecule has 0 heterocycles. The number of hydrogen-bond acceptors (Lipinski definition) is 12. The predicted molar refractivity (Wildman–Crippen MR) is 196 cm³/mol. The summed E-state index contributed by atoms with van der Waals surface area (Å²) in [5.74, 6) is -5.76. The largest absolute Gasteiger partial charge is 0.524 e. The molecule has 11 N–H and O–H groups in total. The Bertz CT molecular complexity index is 1450.